The van der Waals surface area contributed by atoms with Crippen molar-refractivity contribution in [1.29, 1.82) is 0 Å². The number of nitrogens with one attached hydrogen (secondary N) is 2. The van der Waals surface area contributed by atoms with E-state index in [1.54, 1.807) is 7.05 Å². The number of hydrogen-bond acceptors (Lipinski definition) is 6. The highest BCUT2D eigenvalue weighted by Crippen LogP contribution is 2.24. The fourth-order valence-corrected chi connectivity index (χ4v) is 3.30. The second kappa shape index (κ2) is 7.82. The monoisotopic (exact) mass is 357 g/mol. The molecule has 0 aromatic carbocycles. The van der Waals surface area contributed by atoms with Crippen molar-refractivity contribution >= 4 is 11.7 Å². The SMILES string of the molecule is CCn1nccc1CN[C@@H]1CCN(c2nc(C(=O)NC)nc(C)c2C)C1. The van der Waals surface area contributed by atoms with Gasteiger partial charge in [-0.3, -0.25) is 9.48 Å². The van der Waals surface area contributed by atoms with Crippen molar-refractivity contribution in [3.8, 4) is 0 Å². The standard InChI is InChI=1S/C18H27N7O/c1-5-25-15(6-8-21-25)10-20-14-7-9-24(11-14)17-12(2)13(3)22-16(23-17)18(26)19-4/h6,8,14,20H,5,7,9-11H2,1-4H3,(H,19,26)/t14-/m1/s1. The second-order valence-electron chi connectivity index (χ2n) is 6.61. The van der Waals surface area contributed by atoms with Gasteiger partial charge in [-0.25, -0.2) is 9.97 Å². The third-order valence-corrected chi connectivity index (χ3v) is 4.96. The molecule has 3 heterocycles. The van der Waals surface area contributed by atoms with Crippen molar-refractivity contribution in [2.45, 2.75) is 46.3 Å². The Hall–Kier alpha value is -2.48. The van der Waals surface area contributed by atoms with E-state index < -0.39 is 0 Å². The molecule has 2 N–H and O–H groups in total. The van der Waals surface area contributed by atoms with Crippen LogP contribution in [-0.4, -0.2) is 51.8 Å². The first-order valence-electron chi connectivity index (χ1n) is 9.09. The first-order chi connectivity index (χ1) is 12.5. The van der Waals surface area contributed by atoms with Crippen LogP contribution >= 0.6 is 0 Å². The Morgan fingerprint density at radius 3 is 2.88 bits per heavy atom. The molecule has 8 heteroatoms. The molecule has 1 aliphatic rings. The van der Waals surface area contributed by atoms with E-state index in [1.165, 1.54) is 5.69 Å². The van der Waals surface area contributed by atoms with E-state index >= 15 is 0 Å². The van der Waals surface area contributed by atoms with E-state index in [-0.39, 0.29) is 11.7 Å². The van der Waals surface area contributed by atoms with Crippen LogP contribution in [0.2, 0.25) is 0 Å². The molecular weight excluding hydrogens is 330 g/mol. The zero-order valence-electron chi connectivity index (χ0n) is 15.9. The molecule has 0 spiro atoms. The highest BCUT2D eigenvalue weighted by Gasteiger charge is 2.26. The minimum Gasteiger partial charge on any atom is -0.355 e. The maximum absolute atomic E-state index is 11.9. The number of anilines is 1. The Labute approximate surface area is 154 Å². The first kappa shape index (κ1) is 18.3. The molecule has 1 atom stereocenters. The van der Waals surface area contributed by atoms with Gasteiger partial charge < -0.3 is 15.5 Å². The molecule has 0 radical (unpaired) electrons. The lowest BCUT2D eigenvalue weighted by molar-refractivity contribution is 0.0952. The van der Waals surface area contributed by atoms with Crippen molar-refractivity contribution in [1.82, 2.24) is 30.4 Å². The van der Waals surface area contributed by atoms with E-state index in [4.69, 9.17) is 0 Å². The predicted molar refractivity (Wildman–Crippen MR) is 100 cm³/mol. The van der Waals surface area contributed by atoms with Gasteiger partial charge in [0.2, 0.25) is 5.82 Å². The molecule has 1 saturated heterocycles. The highest BCUT2D eigenvalue weighted by atomic mass is 16.2. The number of carbonyl (C=O) groups excluding carboxylic acids is 1. The molecule has 8 nitrogen and oxygen atoms in total. The summed E-state index contributed by atoms with van der Waals surface area (Å²) in [5.41, 5.74) is 3.07. The summed E-state index contributed by atoms with van der Waals surface area (Å²) in [6, 6.07) is 2.44. The molecule has 0 saturated carbocycles. The van der Waals surface area contributed by atoms with Crippen molar-refractivity contribution in [2.24, 2.45) is 0 Å². The Morgan fingerprint density at radius 1 is 1.35 bits per heavy atom. The number of aryl methyl sites for hydroxylation is 2. The molecule has 1 amide bonds. The fourth-order valence-electron chi connectivity index (χ4n) is 3.30. The summed E-state index contributed by atoms with van der Waals surface area (Å²) < 4.78 is 2.01. The zero-order chi connectivity index (χ0) is 18.7. The zero-order valence-corrected chi connectivity index (χ0v) is 15.9. The summed E-state index contributed by atoms with van der Waals surface area (Å²) in [6.45, 7) is 9.49. The molecule has 0 bridgehead atoms. The van der Waals surface area contributed by atoms with E-state index in [0.717, 1.165) is 49.7 Å². The summed E-state index contributed by atoms with van der Waals surface area (Å²) in [5.74, 6) is 0.837. The van der Waals surface area contributed by atoms with Crippen molar-refractivity contribution in [3.05, 3.63) is 35.0 Å². The summed E-state index contributed by atoms with van der Waals surface area (Å²) in [5, 5.41) is 10.5. The van der Waals surface area contributed by atoms with Gasteiger partial charge in [-0.2, -0.15) is 5.10 Å². The molecular formula is C18H27N7O. The van der Waals surface area contributed by atoms with Crippen LogP contribution in [0.1, 0.15) is 40.9 Å². The number of amides is 1. The topological polar surface area (TPSA) is 88.0 Å². The first-order valence-corrected chi connectivity index (χ1v) is 9.09. The maximum atomic E-state index is 11.9. The predicted octanol–water partition coefficient (Wildman–Crippen LogP) is 1.04. The van der Waals surface area contributed by atoms with Gasteiger partial charge in [-0.1, -0.05) is 0 Å². The van der Waals surface area contributed by atoms with Gasteiger partial charge in [-0.05, 0) is 33.3 Å². The molecule has 1 fully saturated rings. The van der Waals surface area contributed by atoms with Gasteiger partial charge in [0.1, 0.15) is 5.82 Å². The number of aromatic nitrogens is 4. The molecule has 0 aliphatic carbocycles. The van der Waals surface area contributed by atoms with Crippen LogP contribution in [0.5, 0.6) is 0 Å². The van der Waals surface area contributed by atoms with Gasteiger partial charge in [0.15, 0.2) is 0 Å². The van der Waals surface area contributed by atoms with E-state index in [9.17, 15) is 4.79 Å². The quantitative estimate of drug-likeness (QED) is 0.803. The van der Waals surface area contributed by atoms with Crippen molar-refractivity contribution < 1.29 is 4.79 Å². The highest BCUT2D eigenvalue weighted by molar-refractivity contribution is 5.90. The molecule has 3 rings (SSSR count). The Morgan fingerprint density at radius 2 is 2.15 bits per heavy atom. The van der Waals surface area contributed by atoms with E-state index in [2.05, 4.69) is 43.6 Å². The average molecular weight is 357 g/mol. The van der Waals surface area contributed by atoms with Gasteiger partial charge in [0.05, 0.1) is 5.69 Å². The Kier molecular flexibility index (Phi) is 5.51. The third kappa shape index (κ3) is 3.70. The number of carbonyl (C=O) groups is 1. The van der Waals surface area contributed by atoms with Gasteiger partial charge in [-0.15, -0.1) is 0 Å². The van der Waals surface area contributed by atoms with Crippen molar-refractivity contribution in [3.63, 3.8) is 0 Å². The number of rotatable bonds is 6. The van der Waals surface area contributed by atoms with Gasteiger partial charge in [0.25, 0.3) is 5.91 Å². The van der Waals surface area contributed by atoms with Crippen LogP contribution in [0.4, 0.5) is 5.82 Å². The summed E-state index contributed by atoms with van der Waals surface area (Å²) in [7, 11) is 1.59. The van der Waals surface area contributed by atoms with E-state index in [1.807, 2.05) is 24.7 Å². The molecule has 26 heavy (non-hydrogen) atoms. The lowest BCUT2D eigenvalue weighted by Crippen LogP contribution is -2.33. The molecule has 0 unspecified atom stereocenters. The van der Waals surface area contributed by atoms with Crippen molar-refractivity contribution in [2.75, 3.05) is 25.0 Å². The minimum atomic E-state index is -0.254. The average Bonchev–Trinajstić information content (AvgIpc) is 3.30. The van der Waals surface area contributed by atoms with Gasteiger partial charge >= 0.3 is 0 Å². The second-order valence-corrected chi connectivity index (χ2v) is 6.61. The molecule has 1 aliphatic heterocycles. The molecule has 2 aromatic rings. The lowest BCUT2D eigenvalue weighted by atomic mass is 10.2. The molecule has 140 valence electrons. The van der Waals surface area contributed by atoms with E-state index in [0.29, 0.717) is 6.04 Å². The lowest BCUT2D eigenvalue weighted by Gasteiger charge is -2.21. The summed E-state index contributed by atoms with van der Waals surface area (Å²) in [6.07, 6.45) is 2.88. The maximum Gasteiger partial charge on any atom is 0.288 e. The van der Waals surface area contributed by atoms with Crippen LogP contribution in [0.3, 0.4) is 0 Å². The Bertz CT molecular complexity index is 786. The van der Waals surface area contributed by atoms with Crippen LogP contribution in [0, 0.1) is 13.8 Å². The Balaban J connectivity index is 1.68. The van der Waals surface area contributed by atoms with Gasteiger partial charge in [0, 0.05) is 56.7 Å². The summed E-state index contributed by atoms with van der Waals surface area (Å²) >= 11 is 0. The third-order valence-electron chi connectivity index (χ3n) is 4.96. The smallest absolute Gasteiger partial charge is 0.288 e. The fraction of sp³-hybridized carbons (Fsp3) is 0.556. The van der Waals surface area contributed by atoms with Crippen LogP contribution in [-0.2, 0) is 13.1 Å². The minimum absolute atomic E-state index is 0.230. The normalized spacial score (nSPS) is 16.9. The number of hydrogen-bond donors (Lipinski definition) is 2. The largest absolute Gasteiger partial charge is 0.355 e. The van der Waals surface area contributed by atoms with Crippen LogP contribution in [0.15, 0.2) is 12.3 Å². The van der Waals surface area contributed by atoms with Crippen LogP contribution < -0.4 is 15.5 Å². The number of nitrogens with zero attached hydrogens (tertiary/aromatic N) is 5. The molecule has 2 aromatic heterocycles. The summed E-state index contributed by atoms with van der Waals surface area (Å²) in [4.78, 5) is 23.0. The van der Waals surface area contributed by atoms with Crippen LogP contribution in [0.25, 0.3) is 0 Å².